The van der Waals surface area contributed by atoms with Gasteiger partial charge in [0.05, 0.1) is 56.4 Å². The number of hydrogen-bond acceptors (Lipinski definition) is 9. The lowest BCUT2D eigenvalue weighted by Crippen LogP contribution is -2.40. The highest BCUT2D eigenvalue weighted by Gasteiger charge is 2.35. The molecule has 39 heavy (non-hydrogen) atoms. The van der Waals surface area contributed by atoms with Crippen molar-refractivity contribution in [3.8, 4) is 23.0 Å². The molecule has 9 nitrogen and oxygen atoms in total. The van der Waals surface area contributed by atoms with Gasteiger partial charge in [0.15, 0.2) is 27.8 Å². The van der Waals surface area contributed by atoms with E-state index < -0.39 is 12.0 Å². The number of nitrogens with zero attached hydrogens (tertiary/aromatic N) is 2. The number of fused-ring (bicyclic) bond motifs is 1. The van der Waals surface area contributed by atoms with Gasteiger partial charge >= 0.3 is 5.97 Å². The number of carbonyl (C=O) groups excluding carboxylic acids is 1. The minimum absolute atomic E-state index is 0.177. The number of rotatable bonds is 9. The summed E-state index contributed by atoms with van der Waals surface area (Å²) in [6, 6.07) is 8.14. The van der Waals surface area contributed by atoms with Gasteiger partial charge in [-0.15, -0.1) is 0 Å². The lowest BCUT2D eigenvalue weighted by molar-refractivity contribution is -0.139. The molecule has 206 valence electrons. The van der Waals surface area contributed by atoms with Crippen LogP contribution in [0.4, 0.5) is 0 Å². The number of para-hydroxylation sites is 1. The first-order chi connectivity index (χ1) is 18.8. The van der Waals surface area contributed by atoms with Gasteiger partial charge in [-0.3, -0.25) is 9.36 Å². The molecule has 0 saturated carbocycles. The van der Waals surface area contributed by atoms with Crippen molar-refractivity contribution in [2.45, 2.75) is 26.8 Å². The molecule has 0 saturated heterocycles. The van der Waals surface area contributed by atoms with Crippen molar-refractivity contribution in [2.75, 3.05) is 34.5 Å². The Bertz CT molecular complexity index is 1620. The Kier molecular flexibility index (Phi) is 8.81. The molecule has 0 N–H and O–H groups in total. The number of halogens is 1. The quantitative estimate of drug-likeness (QED) is 0.335. The number of ether oxygens (including phenoxy) is 5. The van der Waals surface area contributed by atoms with E-state index >= 15 is 0 Å². The van der Waals surface area contributed by atoms with Crippen LogP contribution in [0, 0.1) is 0 Å². The number of esters is 1. The van der Waals surface area contributed by atoms with Crippen molar-refractivity contribution in [1.82, 2.24) is 4.57 Å². The van der Waals surface area contributed by atoms with Crippen LogP contribution >= 0.6 is 27.3 Å². The molecule has 1 aliphatic rings. The zero-order valence-electron chi connectivity index (χ0n) is 22.5. The summed E-state index contributed by atoms with van der Waals surface area (Å²) in [6.45, 7) is 5.96. The van der Waals surface area contributed by atoms with Crippen molar-refractivity contribution in [3.05, 3.63) is 76.9 Å². The first-order valence-corrected chi connectivity index (χ1v) is 13.8. The second-order valence-corrected chi connectivity index (χ2v) is 10.2. The largest absolute Gasteiger partial charge is 0.493 e. The first-order valence-electron chi connectivity index (χ1n) is 12.2. The molecule has 1 atom stereocenters. The zero-order valence-corrected chi connectivity index (χ0v) is 24.9. The topological polar surface area (TPSA) is 97.6 Å². The number of carbonyl (C=O) groups is 1. The summed E-state index contributed by atoms with van der Waals surface area (Å²) < 4.78 is 30.2. The second-order valence-electron chi connectivity index (χ2n) is 8.34. The number of hydrogen-bond donors (Lipinski definition) is 0. The molecule has 0 aliphatic carbocycles. The summed E-state index contributed by atoms with van der Waals surface area (Å²) in [7, 11) is 4.64. The number of methoxy groups -OCH3 is 3. The standard InChI is InChI=1S/C28H29BrN2O7S/c1-7-37-21-14-18(29)17(13-20(21)35-5)24-23(27(33)38-8-2)15(3)30-28-31(24)26(32)22(39-28)12-16-10-9-11-19(34-4)25(16)36-6/h9-14,24H,7-8H2,1-6H3/b22-12+/t24-/m0/s1. The molecule has 2 heterocycles. The van der Waals surface area contributed by atoms with Crippen LogP contribution in [0.1, 0.15) is 37.9 Å². The normalized spacial score (nSPS) is 14.9. The van der Waals surface area contributed by atoms with E-state index in [9.17, 15) is 9.59 Å². The van der Waals surface area contributed by atoms with Gasteiger partial charge in [-0.25, -0.2) is 9.79 Å². The van der Waals surface area contributed by atoms with E-state index in [0.29, 0.717) is 60.2 Å². The fourth-order valence-electron chi connectivity index (χ4n) is 4.44. The van der Waals surface area contributed by atoms with Gasteiger partial charge < -0.3 is 23.7 Å². The van der Waals surface area contributed by atoms with Crippen LogP contribution in [-0.2, 0) is 9.53 Å². The molecule has 1 aliphatic heterocycles. The Balaban J connectivity index is 2.01. The highest BCUT2D eigenvalue weighted by molar-refractivity contribution is 9.10. The van der Waals surface area contributed by atoms with Gasteiger partial charge in [0.1, 0.15) is 0 Å². The van der Waals surface area contributed by atoms with Gasteiger partial charge in [-0.1, -0.05) is 39.4 Å². The van der Waals surface area contributed by atoms with Crippen LogP contribution in [-0.4, -0.2) is 45.1 Å². The minimum atomic E-state index is -0.825. The molecule has 1 aromatic heterocycles. The molecule has 0 spiro atoms. The van der Waals surface area contributed by atoms with E-state index in [0.717, 1.165) is 0 Å². The lowest BCUT2D eigenvalue weighted by Gasteiger charge is -2.26. The van der Waals surface area contributed by atoms with Crippen molar-refractivity contribution in [1.29, 1.82) is 0 Å². The van der Waals surface area contributed by atoms with E-state index in [1.807, 2.05) is 19.1 Å². The molecular weight excluding hydrogens is 588 g/mol. The van der Waals surface area contributed by atoms with E-state index in [4.69, 9.17) is 23.7 Å². The Morgan fingerprint density at radius 2 is 1.82 bits per heavy atom. The first kappa shape index (κ1) is 28.4. The minimum Gasteiger partial charge on any atom is -0.493 e. The third kappa shape index (κ3) is 5.33. The number of thiazole rings is 1. The van der Waals surface area contributed by atoms with Gasteiger partial charge in [0.25, 0.3) is 5.56 Å². The molecule has 0 unspecified atom stereocenters. The summed E-state index contributed by atoms with van der Waals surface area (Å²) in [5.41, 5.74) is 1.71. The Morgan fingerprint density at radius 1 is 1.08 bits per heavy atom. The summed E-state index contributed by atoms with van der Waals surface area (Å²) in [5.74, 6) is 1.50. The molecule has 2 aromatic carbocycles. The van der Waals surface area contributed by atoms with E-state index in [-0.39, 0.29) is 17.7 Å². The SMILES string of the molecule is CCOC(=O)C1=C(C)N=c2s/c(=C/c3cccc(OC)c3OC)c(=O)n2[C@H]1c1cc(OC)c(OCC)cc1Br. The summed E-state index contributed by atoms with van der Waals surface area (Å²) in [5, 5.41) is 0. The van der Waals surface area contributed by atoms with Crippen molar-refractivity contribution >= 4 is 39.3 Å². The van der Waals surface area contributed by atoms with Gasteiger partial charge in [-0.05, 0) is 50.6 Å². The smallest absolute Gasteiger partial charge is 0.338 e. The molecule has 3 aromatic rings. The number of allylic oxidation sites excluding steroid dienone is 1. The predicted octanol–water partition coefficient (Wildman–Crippen LogP) is 3.99. The van der Waals surface area contributed by atoms with E-state index in [1.54, 1.807) is 52.3 Å². The summed E-state index contributed by atoms with van der Waals surface area (Å²) >= 11 is 4.85. The molecule has 4 rings (SSSR count). The average molecular weight is 618 g/mol. The van der Waals surface area contributed by atoms with Crippen LogP contribution in [0.2, 0.25) is 0 Å². The second kappa shape index (κ2) is 12.1. The molecule has 0 amide bonds. The Morgan fingerprint density at radius 3 is 2.46 bits per heavy atom. The van der Waals surface area contributed by atoms with Crippen LogP contribution in [0.5, 0.6) is 23.0 Å². The van der Waals surface area contributed by atoms with Gasteiger partial charge in [0, 0.05) is 10.0 Å². The van der Waals surface area contributed by atoms with Crippen LogP contribution in [0.15, 0.2) is 55.9 Å². The Hall–Kier alpha value is -3.57. The predicted molar refractivity (Wildman–Crippen MR) is 152 cm³/mol. The van der Waals surface area contributed by atoms with Gasteiger partial charge in [-0.2, -0.15) is 0 Å². The maximum atomic E-state index is 14.0. The van der Waals surface area contributed by atoms with Crippen molar-refractivity contribution in [3.63, 3.8) is 0 Å². The lowest BCUT2D eigenvalue weighted by atomic mass is 9.95. The number of aromatic nitrogens is 1. The third-order valence-corrected chi connectivity index (χ3v) is 7.78. The average Bonchev–Trinajstić information content (AvgIpc) is 3.22. The van der Waals surface area contributed by atoms with Crippen LogP contribution < -0.4 is 33.8 Å². The van der Waals surface area contributed by atoms with Crippen LogP contribution in [0.25, 0.3) is 6.08 Å². The molecule has 0 bridgehead atoms. The Labute approximate surface area is 238 Å². The maximum absolute atomic E-state index is 14.0. The summed E-state index contributed by atoms with van der Waals surface area (Å²) in [6.07, 6.45) is 1.74. The highest BCUT2D eigenvalue weighted by atomic mass is 79.9. The maximum Gasteiger partial charge on any atom is 0.338 e. The third-order valence-electron chi connectivity index (χ3n) is 6.11. The highest BCUT2D eigenvalue weighted by Crippen LogP contribution is 2.41. The van der Waals surface area contributed by atoms with E-state index in [2.05, 4.69) is 20.9 Å². The fraction of sp³-hybridized carbons (Fsp3) is 0.321. The number of benzene rings is 2. The van der Waals surface area contributed by atoms with Crippen molar-refractivity contribution in [2.24, 2.45) is 4.99 Å². The molecule has 11 heteroatoms. The molecule has 0 radical (unpaired) electrons. The van der Waals surface area contributed by atoms with E-state index in [1.165, 1.54) is 23.0 Å². The zero-order chi connectivity index (χ0) is 28.3. The fourth-order valence-corrected chi connectivity index (χ4v) is 6.02. The van der Waals surface area contributed by atoms with Gasteiger partial charge in [0.2, 0.25) is 0 Å². The molecule has 0 fully saturated rings. The summed E-state index contributed by atoms with van der Waals surface area (Å²) in [4.78, 5) is 32.3. The van der Waals surface area contributed by atoms with Crippen LogP contribution in [0.3, 0.4) is 0 Å². The van der Waals surface area contributed by atoms with Crippen molar-refractivity contribution < 1.29 is 28.5 Å². The molecular formula is C28H29BrN2O7S. The monoisotopic (exact) mass is 616 g/mol.